The second-order valence-electron chi connectivity index (χ2n) is 2.01. The molecule has 0 aliphatic carbocycles. The lowest BCUT2D eigenvalue weighted by atomic mass is 10.2. The van der Waals surface area contributed by atoms with Crippen molar-refractivity contribution >= 4 is 40.0 Å². The summed E-state index contributed by atoms with van der Waals surface area (Å²) < 4.78 is 0. The van der Waals surface area contributed by atoms with Gasteiger partial charge in [-0.25, -0.2) is 0 Å². The SMILES string of the molecule is O/N=C(/Cl)c1ccc(Cl)cc1Cl. The number of benzene rings is 1. The quantitative estimate of drug-likeness (QED) is 0.443. The first kappa shape index (κ1) is 9.65. The molecule has 0 heterocycles. The Morgan fingerprint density at radius 3 is 2.50 bits per heavy atom. The predicted molar refractivity (Wildman–Crippen MR) is 50.6 cm³/mol. The topological polar surface area (TPSA) is 32.6 Å². The van der Waals surface area contributed by atoms with Crippen LogP contribution in [0.4, 0.5) is 0 Å². The lowest BCUT2D eigenvalue weighted by Gasteiger charge is -1.99. The van der Waals surface area contributed by atoms with Crippen LogP contribution in [0.2, 0.25) is 10.0 Å². The molecule has 0 fully saturated rings. The van der Waals surface area contributed by atoms with Crippen LogP contribution in [-0.2, 0) is 0 Å². The number of hydrogen-bond donors (Lipinski definition) is 1. The highest BCUT2D eigenvalue weighted by Gasteiger charge is 2.05. The van der Waals surface area contributed by atoms with E-state index in [2.05, 4.69) is 5.16 Å². The van der Waals surface area contributed by atoms with Gasteiger partial charge in [0, 0.05) is 10.6 Å². The third-order valence-corrected chi connectivity index (χ3v) is 2.07. The van der Waals surface area contributed by atoms with Crippen molar-refractivity contribution in [1.82, 2.24) is 0 Å². The maximum Gasteiger partial charge on any atom is 0.176 e. The van der Waals surface area contributed by atoms with Gasteiger partial charge in [-0.1, -0.05) is 40.0 Å². The van der Waals surface area contributed by atoms with E-state index in [-0.39, 0.29) is 5.17 Å². The van der Waals surface area contributed by atoms with E-state index in [1.54, 1.807) is 12.1 Å². The molecular weight excluding hydrogens is 220 g/mol. The highest BCUT2D eigenvalue weighted by molar-refractivity contribution is 6.70. The second kappa shape index (κ2) is 3.99. The summed E-state index contributed by atoms with van der Waals surface area (Å²) >= 11 is 16.9. The molecule has 0 saturated carbocycles. The smallest absolute Gasteiger partial charge is 0.176 e. The Kier molecular flexibility index (Phi) is 3.20. The van der Waals surface area contributed by atoms with Crippen LogP contribution in [0.1, 0.15) is 5.56 Å². The van der Waals surface area contributed by atoms with Crippen molar-refractivity contribution in [3.8, 4) is 0 Å². The average molecular weight is 224 g/mol. The molecule has 0 spiro atoms. The monoisotopic (exact) mass is 223 g/mol. The van der Waals surface area contributed by atoms with E-state index in [0.717, 1.165) is 0 Å². The van der Waals surface area contributed by atoms with Crippen molar-refractivity contribution in [2.75, 3.05) is 0 Å². The minimum Gasteiger partial charge on any atom is -0.410 e. The molecule has 2 nitrogen and oxygen atoms in total. The zero-order chi connectivity index (χ0) is 9.14. The Labute approximate surface area is 84.3 Å². The van der Waals surface area contributed by atoms with Gasteiger partial charge in [0.1, 0.15) is 0 Å². The fourth-order valence-corrected chi connectivity index (χ4v) is 1.42. The van der Waals surface area contributed by atoms with E-state index < -0.39 is 0 Å². The van der Waals surface area contributed by atoms with E-state index in [1.807, 2.05) is 0 Å². The molecule has 0 saturated heterocycles. The number of oxime groups is 1. The van der Waals surface area contributed by atoms with Gasteiger partial charge in [0.25, 0.3) is 0 Å². The van der Waals surface area contributed by atoms with Crippen molar-refractivity contribution in [3.63, 3.8) is 0 Å². The Bertz CT molecular complexity index is 324. The van der Waals surface area contributed by atoms with Gasteiger partial charge in [-0.05, 0) is 18.2 Å². The molecule has 0 aromatic heterocycles. The maximum atomic E-state index is 8.35. The zero-order valence-electron chi connectivity index (χ0n) is 5.76. The van der Waals surface area contributed by atoms with Crippen LogP contribution in [0, 0.1) is 0 Å². The van der Waals surface area contributed by atoms with Gasteiger partial charge in [0.2, 0.25) is 0 Å². The molecule has 1 aromatic rings. The number of nitrogens with zero attached hydrogens (tertiary/aromatic N) is 1. The summed E-state index contributed by atoms with van der Waals surface area (Å²) in [6, 6.07) is 4.70. The third-order valence-electron chi connectivity index (χ3n) is 1.24. The Morgan fingerprint density at radius 2 is 2.00 bits per heavy atom. The van der Waals surface area contributed by atoms with Gasteiger partial charge in [-0.3, -0.25) is 0 Å². The van der Waals surface area contributed by atoms with Gasteiger partial charge in [0.15, 0.2) is 5.17 Å². The molecule has 0 bridgehead atoms. The first-order valence-corrected chi connectivity index (χ1v) is 4.11. The molecule has 5 heteroatoms. The molecular formula is C7H4Cl3NO. The molecule has 12 heavy (non-hydrogen) atoms. The van der Waals surface area contributed by atoms with Crippen LogP contribution in [0.25, 0.3) is 0 Å². The fourth-order valence-electron chi connectivity index (χ4n) is 0.711. The van der Waals surface area contributed by atoms with Crippen molar-refractivity contribution in [2.45, 2.75) is 0 Å². The average Bonchev–Trinajstić information content (AvgIpc) is 2.03. The summed E-state index contributed by atoms with van der Waals surface area (Å²) in [7, 11) is 0. The van der Waals surface area contributed by atoms with Gasteiger partial charge in [0.05, 0.1) is 5.02 Å². The first-order valence-electron chi connectivity index (χ1n) is 2.98. The molecule has 0 amide bonds. The highest BCUT2D eigenvalue weighted by atomic mass is 35.5. The van der Waals surface area contributed by atoms with Crippen molar-refractivity contribution < 1.29 is 5.21 Å². The Hall–Kier alpha value is -0.440. The van der Waals surface area contributed by atoms with Crippen LogP contribution < -0.4 is 0 Å². The summed E-state index contributed by atoms with van der Waals surface area (Å²) in [6.45, 7) is 0. The predicted octanol–water partition coefficient (Wildman–Crippen LogP) is 3.37. The van der Waals surface area contributed by atoms with Gasteiger partial charge in [-0.15, -0.1) is 0 Å². The largest absolute Gasteiger partial charge is 0.410 e. The van der Waals surface area contributed by atoms with E-state index in [1.165, 1.54) is 6.07 Å². The summed E-state index contributed by atoms with van der Waals surface area (Å²) in [5.41, 5.74) is 0.449. The van der Waals surface area contributed by atoms with E-state index >= 15 is 0 Å². The maximum absolute atomic E-state index is 8.35. The van der Waals surface area contributed by atoms with Gasteiger partial charge < -0.3 is 5.21 Å². The highest BCUT2D eigenvalue weighted by Crippen LogP contribution is 2.22. The Morgan fingerprint density at radius 1 is 1.33 bits per heavy atom. The van der Waals surface area contributed by atoms with Crippen molar-refractivity contribution in [1.29, 1.82) is 0 Å². The summed E-state index contributed by atoms with van der Waals surface area (Å²) in [4.78, 5) is 0. The molecule has 0 radical (unpaired) electrons. The van der Waals surface area contributed by atoms with Crippen molar-refractivity contribution in [2.24, 2.45) is 5.16 Å². The van der Waals surface area contributed by atoms with E-state index in [9.17, 15) is 0 Å². The molecule has 0 aliphatic heterocycles. The second-order valence-corrected chi connectivity index (χ2v) is 3.22. The van der Waals surface area contributed by atoms with Crippen LogP contribution in [0.5, 0.6) is 0 Å². The molecule has 64 valence electrons. The molecule has 1 aromatic carbocycles. The molecule has 1 rings (SSSR count). The number of hydrogen-bond acceptors (Lipinski definition) is 2. The molecule has 0 aliphatic rings. The standard InChI is InChI=1S/C7H4Cl3NO/c8-4-1-2-5(6(9)3-4)7(10)11-12/h1-3,12H/b11-7+. The zero-order valence-corrected chi connectivity index (χ0v) is 8.03. The number of halogens is 3. The minimum absolute atomic E-state index is 0.0586. The van der Waals surface area contributed by atoms with Crippen LogP contribution in [0.15, 0.2) is 23.4 Å². The number of rotatable bonds is 1. The van der Waals surface area contributed by atoms with Gasteiger partial charge in [-0.2, -0.15) is 0 Å². The lowest BCUT2D eigenvalue weighted by molar-refractivity contribution is 0.321. The Balaban J connectivity index is 3.18. The summed E-state index contributed by atoms with van der Waals surface area (Å²) in [5.74, 6) is 0. The first-order chi connectivity index (χ1) is 5.65. The van der Waals surface area contributed by atoms with Crippen molar-refractivity contribution in [3.05, 3.63) is 33.8 Å². The van der Waals surface area contributed by atoms with E-state index in [0.29, 0.717) is 15.6 Å². The summed E-state index contributed by atoms with van der Waals surface area (Å²) in [5, 5.41) is 11.9. The van der Waals surface area contributed by atoms with Gasteiger partial charge >= 0.3 is 0 Å². The molecule has 0 atom stereocenters. The minimum atomic E-state index is -0.0586. The summed E-state index contributed by atoms with van der Waals surface area (Å²) in [6.07, 6.45) is 0. The molecule has 0 unspecified atom stereocenters. The third kappa shape index (κ3) is 2.03. The van der Waals surface area contributed by atoms with Crippen LogP contribution in [0.3, 0.4) is 0 Å². The normalized spacial score (nSPS) is 11.8. The van der Waals surface area contributed by atoms with E-state index in [4.69, 9.17) is 40.0 Å². The molecule has 1 N–H and O–H groups in total. The lowest BCUT2D eigenvalue weighted by Crippen LogP contribution is -1.91. The van der Waals surface area contributed by atoms with Crippen LogP contribution in [-0.4, -0.2) is 10.4 Å². The fraction of sp³-hybridized carbons (Fsp3) is 0. The van der Waals surface area contributed by atoms with Crippen LogP contribution >= 0.6 is 34.8 Å².